The molecule has 14 heavy (non-hydrogen) atoms. The maximum absolute atomic E-state index is 5.46. The number of halogens is 1. The Morgan fingerprint density at radius 2 is 1.93 bits per heavy atom. The molecule has 0 unspecified atom stereocenters. The molecule has 0 bridgehead atoms. The molecular weight excluding hydrogens is 295 g/mol. The van der Waals surface area contributed by atoms with Gasteiger partial charge in [-0.2, -0.15) is 18.2 Å². The van der Waals surface area contributed by atoms with Crippen LogP contribution >= 0.6 is 13.6 Å². The van der Waals surface area contributed by atoms with Crippen molar-refractivity contribution < 1.29 is 21.1 Å². The molecule has 74 valence electrons. The van der Waals surface area contributed by atoms with E-state index >= 15 is 0 Å². The van der Waals surface area contributed by atoms with Crippen LogP contribution in [0, 0.1) is 6.07 Å². The monoisotopic (exact) mass is 307 g/mol. The van der Waals surface area contributed by atoms with Crippen molar-refractivity contribution >= 4 is 13.6 Å². The fourth-order valence-electron chi connectivity index (χ4n) is 0.814. The molecule has 0 radical (unpaired) electrons. The summed E-state index contributed by atoms with van der Waals surface area (Å²) < 4.78 is 5.46. The Balaban J connectivity index is 0.000000791. The summed E-state index contributed by atoms with van der Waals surface area (Å²) >= 11 is 4.25. The third kappa shape index (κ3) is 7.48. The minimum atomic E-state index is 0.733. The number of rotatable bonds is 4. The van der Waals surface area contributed by atoms with Crippen molar-refractivity contribution in [3.05, 3.63) is 30.3 Å². The Hall–Kier alpha value is 0.0834. The number of hydrogen-bond donors (Lipinski definition) is 0. The van der Waals surface area contributed by atoms with Gasteiger partial charge in [-0.15, -0.1) is 12.1 Å². The fraction of sp³-hybridized carbons (Fsp3) is 0.400. The zero-order chi connectivity index (χ0) is 10.8. The van der Waals surface area contributed by atoms with E-state index in [0.29, 0.717) is 0 Å². The molecule has 0 heterocycles. The molecule has 0 saturated heterocycles. The van der Waals surface area contributed by atoms with Crippen LogP contribution < -0.4 is 4.74 Å². The van der Waals surface area contributed by atoms with Crippen LogP contribution in [0.3, 0.4) is 0 Å². The predicted molar refractivity (Wildman–Crippen MR) is 58.3 cm³/mol. The van der Waals surface area contributed by atoms with Crippen LogP contribution in [0.5, 0.6) is 5.75 Å². The molecule has 1 rings (SSSR count). The van der Waals surface area contributed by atoms with Gasteiger partial charge in [0.15, 0.2) is 0 Å². The SMILES string of the molecule is CN(C)CCOc1cc[c-]cc1.[Zn+][Br]. The zero-order valence-electron chi connectivity index (χ0n) is 8.66. The first kappa shape index (κ1) is 14.1. The molecule has 0 fully saturated rings. The standard InChI is InChI=1S/C10H14NO.BrH.Zn/c1-11(2)8-9-12-10-6-4-3-5-7-10;;/h4-7H,8-9H2,1-2H3;1H;/q-1;;+2/p-1. The van der Waals surface area contributed by atoms with Gasteiger partial charge in [-0.05, 0) is 14.1 Å². The van der Waals surface area contributed by atoms with Crippen LogP contribution in [0.2, 0.25) is 0 Å². The molecule has 0 aliphatic heterocycles. The van der Waals surface area contributed by atoms with Crippen molar-refractivity contribution in [3.8, 4) is 5.75 Å². The molecule has 0 amide bonds. The van der Waals surface area contributed by atoms with Crippen LogP contribution in [0.15, 0.2) is 24.3 Å². The van der Waals surface area contributed by atoms with Crippen molar-refractivity contribution in [1.82, 2.24) is 4.90 Å². The molecular formula is C10H14BrNOZn. The summed E-state index contributed by atoms with van der Waals surface area (Å²) in [6, 6.07) is 10.5. The molecule has 0 N–H and O–H groups in total. The molecule has 1 aromatic carbocycles. The van der Waals surface area contributed by atoms with Gasteiger partial charge in [-0.1, -0.05) is 0 Å². The van der Waals surface area contributed by atoms with Gasteiger partial charge < -0.3 is 9.64 Å². The second kappa shape index (κ2) is 9.63. The van der Waals surface area contributed by atoms with Gasteiger partial charge in [0.25, 0.3) is 0 Å². The van der Waals surface area contributed by atoms with Gasteiger partial charge in [0.1, 0.15) is 0 Å². The molecule has 0 atom stereocenters. The molecule has 0 aromatic heterocycles. The van der Waals surface area contributed by atoms with E-state index in [0.717, 1.165) is 18.9 Å². The van der Waals surface area contributed by atoms with Gasteiger partial charge >= 0.3 is 30.0 Å². The van der Waals surface area contributed by atoms with Crippen LogP contribution in [0.1, 0.15) is 0 Å². The van der Waals surface area contributed by atoms with Gasteiger partial charge in [0.2, 0.25) is 0 Å². The fourth-order valence-corrected chi connectivity index (χ4v) is 0.814. The molecule has 0 aliphatic rings. The van der Waals surface area contributed by atoms with Crippen molar-refractivity contribution in [2.24, 2.45) is 0 Å². The van der Waals surface area contributed by atoms with Crippen LogP contribution in [0.25, 0.3) is 0 Å². The summed E-state index contributed by atoms with van der Waals surface area (Å²) in [6.45, 7) is 1.68. The number of hydrogen-bond acceptors (Lipinski definition) is 2. The van der Waals surface area contributed by atoms with Gasteiger partial charge in [0, 0.05) is 12.3 Å². The van der Waals surface area contributed by atoms with Gasteiger partial charge in [-0.25, -0.2) is 0 Å². The predicted octanol–water partition coefficient (Wildman–Crippen LogP) is 2.27. The first-order valence-electron chi connectivity index (χ1n) is 4.29. The van der Waals surface area contributed by atoms with Crippen LogP contribution in [0.4, 0.5) is 0 Å². The van der Waals surface area contributed by atoms with E-state index in [1.165, 1.54) is 16.3 Å². The van der Waals surface area contributed by atoms with E-state index < -0.39 is 0 Å². The Morgan fingerprint density at radius 3 is 2.43 bits per heavy atom. The second-order valence-electron chi connectivity index (χ2n) is 2.89. The quantitative estimate of drug-likeness (QED) is 0.625. The average molecular weight is 310 g/mol. The van der Waals surface area contributed by atoms with Crippen LogP contribution in [-0.4, -0.2) is 32.1 Å². The third-order valence-electron chi connectivity index (χ3n) is 1.49. The van der Waals surface area contributed by atoms with Gasteiger partial charge in [-0.3, -0.25) is 0 Å². The van der Waals surface area contributed by atoms with Crippen molar-refractivity contribution in [2.75, 3.05) is 27.2 Å². The average Bonchev–Trinajstić information content (AvgIpc) is 2.22. The van der Waals surface area contributed by atoms with E-state index in [1.54, 1.807) is 0 Å². The molecule has 2 nitrogen and oxygen atoms in total. The molecule has 0 spiro atoms. The van der Waals surface area contributed by atoms with Crippen molar-refractivity contribution in [3.63, 3.8) is 0 Å². The van der Waals surface area contributed by atoms with E-state index in [1.807, 2.05) is 38.4 Å². The van der Waals surface area contributed by atoms with E-state index in [-0.39, 0.29) is 0 Å². The summed E-state index contributed by atoms with van der Waals surface area (Å²) in [5.41, 5.74) is 0. The Kier molecular flexibility index (Phi) is 9.69. The van der Waals surface area contributed by atoms with Crippen LogP contribution in [-0.2, 0) is 16.3 Å². The molecule has 1 aromatic rings. The summed E-state index contributed by atoms with van der Waals surface area (Å²) in [5.74, 6) is 0.913. The van der Waals surface area contributed by atoms with Crippen molar-refractivity contribution in [2.45, 2.75) is 0 Å². The summed E-state index contributed by atoms with van der Waals surface area (Å²) in [5, 5.41) is 0. The Morgan fingerprint density at radius 1 is 1.36 bits per heavy atom. The van der Waals surface area contributed by atoms with E-state index in [4.69, 9.17) is 4.74 Å². The Labute approximate surface area is 103 Å². The zero-order valence-corrected chi connectivity index (χ0v) is 13.2. The maximum atomic E-state index is 5.46. The second-order valence-corrected chi connectivity index (χ2v) is 2.89. The first-order chi connectivity index (χ1) is 6.79. The summed E-state index contributed by atoms with van der Waals surface area (Å²) in [4.78, 5) is 2.09. The van der Waals surface area contributed by atoms with Crippen molar-refractivity contribution in [1.29, 1.82) is 0 Å². The normalized spacial score (nSPS) is 9.29. The van der Waals surface area contributed by atoms with Gasteiger partial charge in [0.05, 0.1) is 6.61 Å². The minimum absolute atomic E-state index is 0.733. The van der Waals surface area contributed by atoms with E-state index in [9.17, 15) is 0 Å². The number of ether oxygens (including phenoxy) is 1. The molecule has 0 aliphatic carbocycles. The third-order valence-corrected chi connectivity index (χ3v) is 1.49. The van der Waals surface area contributed by atoms with E-state index in [2.05, 4.69) is 24.6 Å². The summed E-state index contributed by atoms with van der Waals surface area (Å²) in [6.07, 6.45) is 0. The Bertz CT molecular complexity index is 219. The number of benzene rings is 1. The summed E-state index contributed by atoms with van der Waals surface area (Å²) in [7, 11) is 4.06. The number of nitrogens with zero attached hydrogens (tertiary/aromatic N) is 1. The molecule has 0 saturated carbocycles. The first-order valence-corrected chi connectivity index (χ1v) is 11.2. The molecule has 4 heteroatoms. The topological polar surface area (TPSA) is 12.5 Å². The number of likely N-dealkylation sites (N-methyl/N-ethyl adjacent to an activating group) is 1.